The van der Waals surface area contributed by atoms with Crippen LogP contribution < -0.4 is 5.73 Å². The highest BCUT2D eigenvalue weighted by Crippen LogP contribution is 2.25. The van der Waals surface area contributed by atoms with E-state index in [1.165, 1.54) is 12.1 Å². The number of carbonyl (C=O) groups excluding carboxylic acids is 1. The van der Waals surface area contributed by atoms with Crippen molar-refractivity contribution in [3.8, 4) is 17.1 Å². The number of phenols is 1. The van der Waals surface area contributed by atoms with Gasteiger partial charge in [-0.3, -0.25) is 5.10 Å². The summed E-state index contributed by atoms with van der Waals surface area (Å²) < 4.78 is 4.78. The van der Waals surface area contributed by atoms with Crippen LogP contribution in [0.2, 0.25) is 0 Å². The molecule has 0 aliphatic rings. The Bertz CT molecular complexity index is 579. The van der Waals surface area contributed by atoms with E-state index in [4.69, 9.17) is 10.5 Å². The van der Waals surface area contributed by atoms with Crippen molar-refractivity contribution >= 4 is 11.7 Å². The van der Waals surface area contributed by atoms with Crippen LogP contribution in [-0.2, 0) is 4.74 Å². The van der Waals surface area contributed by atoms with Gasteiger partial charge in [-0.15, -0.1) is 0 Å². The Hall–Kier alpha value is -2.57. The molecule has 0 unspecified atom stereocenters. The van der Waals surface area contributed by atoms with Crippen molar-refractivity contribution in [1.29, 1.82) is 0 Å². The number of nitrogens with one attached hydrogen (secondary N) is 1. The number of esters is 1. The van der Waals surface area contributed by atoms with Crippen molar-refractivity contribution in [2.24, 2.45) is 0 Å². The fraction of sp³-hybridized carbons (Fsp3) is 0.182. The Kier molecular flexibility index (Phi) is 3.13. The molecular weight excluding hydrogens is 236 g/mol. The molecule has 0 saturated carbocycles. The van der Waals surface area contributed by atoms with Crippen LogP contribution in [0.4, 0.5) is 5.69 Å². The second kappa shape index (κ2) is 4.74. The molecule has 1 heterocycles. The molecule has 0 aliphatic carbocycles. The number of nitrogen functional groups attached to an aromatic ring is 1. The van der Waals surface area contributed by atoms with Gasteiger partial charge in [0, 0.05) is 5.56 Å². The van der Waals surface area contributed by atoms with Gasteiger partial charge >= 0.3 is 5.97 Å². The van der Waals surface area contributed by atoms with Crippen molar-refractivity contribution in [2.45, 2.75) is 6.92 Å². The number of benzene rings is 1. The van der Waals surface area contributed by atoms with Gasteiger partial charge in [0.2, 0.25) is 5.82 Å². The normalized spacial score (nSPS) is 10.3. The number of aromatic nitrogens is 3. The van der Waals surface area contributed by atoms with E-state index in [0.29, 0.717) is 11.4 Å². The summed E-state index contributed by atoms with van der Waals surface area (Å²) in [6.07, 6.45) is 0. The standard InChI is InChI=1S/C11H12N4O3/c1-2-18-11(17)10-13-9(14-15-10)6-3-4-8(16)7(12)5-6/h3-5,16H,2,12H2,1H3,(H,13,14,15). The van der Waals surface area contributed by atoms with Crippen LogP contribution in [-0.4, -0.2) is 32.9 Å². The Labute approximate surface area is 103 Å². The zero-order valence-electron chi connectivity index (χ0n) is 9.67. The highest BCUT2D eigenvalue weighted by atomic mass is 16.5. The van der Waals surface area contributed by atoms with Crippen LogP contribution in [0.3, 0.4) is 0 Å². The van der Waals surface area contributed by atoms with Gasteiger partial charge in [0.05, 0.1) is 12.3 Å². The molecule has 18 heavy (non-hydrogen) atoms. The number of phenolic OH excluding ortho intramolecular Hbond substituents is 1. The second-order valence-corrected chi connectivity index (χ2v) is 3.50. The molecule has 0 atom stereocenters. The van der Waals surface area contributed by atoms with Gasteiger partial charge in [0.15, 0.2) is 5.82 Å². The van der Waals surface area contributed by atoms with E-state index in [0.717, 1.165) is 0 Å². The van der Waals surface area contributed by atoms with Crippen LogP contribution in [0.25, 0.3) is 11.4 Å². The first-order chi connectivity index (χ1) is 8.61. The predicted octanol–water partition coefficient (Wildman–Crippen LogP) is 0.936. The minimum Gasteiger partial charge on any atom is -0.506 e. The molecule has 0 fully saturated rings. The van der Waals surface area contributed by atoms with Crippen molar-refractivity contribution in [1.82, 2.24) is 15.2 Å². The monoisotopic (exact) mass is 248 g/mol. The summed E-state index contributed by atoms with van der Waals surface area (Å²) in [5.74, 6) is -0.244. The first kappa shape index (κ1) is 11.9. The van der Waals surface area contributed by atoms with Crippen LogP contribution in [0.15, 0.2) is 18.2 Å². The van der Waals surface area contributed by atoms with Gasteiger partial charge in [-0.1, -0.05) is 0 Å². The Balaban J connectivity index is 2.29. The average Bonchev–Trinajstić information content (AvgIpc) is 2.82. The van der Waals surface area contributed by atoms with Crippen LogP contribution in [0, 0.1) is 0 Å². The molecule has 0 saturated heterocycles. The molecule has 0 spiro atoms. The quantitative estimate of drug-likeness (QED) is 0.423. The van der Waals surface area contributed by atoms with Gasteiger partial charge in [-0.25, -0.2) is 9.78 Å². The van der Waals surface area contributed by atoms with E-state index in [1.54, 1.807) is 13.0 Å². The maximum atomic E-state index is 11.4. The summed E-state index contributed by atoms with van der Waals surface area (Å²) in [6, 6.07) is 4.56. The summed E-state index contributed by atoms with van der Waals surface area (Å²) >= 11 is 0. The lowest BCUT2D eigenvalue weighted by molar-refractivity contribution is 0.0512. The smallest absolute Gasteiger partial charge is 0.375 e. The fourth-order valence-corrected chi connectivity index (χ4v) is 1.38. The largest absolute Gasteiger partial charge is 0.506 e. The molecule has 2 aromatic rings. The number of H-pyrrole nitrogens is 1. The molecule has 0 aliphatic heterocycles. The number of anilines is 1. The van der Waals surface area contributed by atoms with Crippen LogP contribution >= 0.6 is 0 Å². The van der Waals surface area contributed by atoms with E-state index in [1.807, 2.05) is 0 Å². The molecule has 0 radical (unpaired) electrons. The van der Waals surface area contributed by atoms with E-state index in [2.05, 4.69) is 15.2 Å². The number of nitrogens with zero attached hydrogens (tertiary/aromatic N) is 2. The molecule has 7 nitrogen and oxygen atoms in total. The van der Waals surface area contributed by atoms with Crippen molar-refractivity contribution in [2.75, 3.05) is 12.3 Å². The van der Waals surface area contributed by atoms with E-state index < -0.39 is 5.97 Å². The van der Waals surface area contributed by atoms with Crippen molar-refractivity contribution in [3.63, 3.8) is 0 Å². The Morgan fingerprint density at radius 1 is 1.56 bits per heavy atom. The third kappa shape index (κ3) is 2.24. The van der Waals surface area contributed by atoms with Crippen LogP contribution in [0.1, 0.15) is 17.5 Å². The third-order valence-corrected chi connectivity index (χ3v) is 2.24. The van der Waals surface area contributed by atoms with Gasteiger partial charge in [-0.05, 0) is 25.1 Å². The number of carbonyl (C=O) groups is 1. The molecule has 4 N–H and O–H groups in total. The molecule has 7 heteroatoms. The molecule has 94 valence electrons. The van der Waals surface area contributed by atoms with E-state index in [-0.39, 0.29) is 23.9 Å². The average molecular weight is 248 g/mol. The maximum Gasteiger partial charge on any atom is 0.375 e. The molecule has 0 amide bonds. The minimum absolute atomic E-state index is 0.0140. The number of ether oxygens (including phenoxy) is 1. The molecule has 1 aromatic heterocycles. The highest BCUT2D eigenvalue weighted by Gasteiger charge is 2.14. The number of nitrogens with two attached hydrogens (primary N) is 1. The van der Waals surface area contributed by atoms with E-state index >= 15 is 0 Å². The number of hydrogen-bond donors (Lipinski definition) is 3. The molecular formula is C11H12N4O3. The maximum absolute atomic E-state index is 11.4. The van der Waals surface area contributed by atoms with Crippen molar-refractivity contribution in [3.05, 3.63) is 24.0 Å². The SMILES string of the molecule is CCOC(=O)c1nc(-c2ccc(O)c(N)c2)n[nH]1. The molecule has 1 aromatic carbocycles. The molecule has 2 rings (SSSR count). The third-order valence-electron chi connectivity index (χ3n) is 2.24. The number of aromatic amines is 1. The van der Waals surface area contributed by atoms with Gasteiger partial charge in [0.25, 0.3) is 0 Å². The summed E-state index contributed by atoms with van der Waals surface area (Å²) in [7, 11) is 0. The van der Waals surface area contributed by atoms with E-state index in [9.17, 15) is 9.90 Å². The Morgan fingerprint density at radius 2 is 2.33 bits per heavy atom. The summed E-state index contributed by atoms with van der Waals surface area (Å²) in [4.78, 5) is 15.4. The summed E-state index contributed by atoms with van der Waals surface area (Å²) in [6.45, 7) is 1.97. The lowest BCUT2D eigenvalue weighted by atomic mass is 10.2. The zero-order chi connectivity index (χ0) is 13.1. The minimum atomic E-state index is -0.567. The van der Waals surface area contributed by atoms with Gasteiger partial charge < -0.3 is 15.6 Å². The highest BCUT2D eigenvalue weighted by molar-refractivity contribution is 5.85. The lowest BCUT2D eigenvalue weighted by Gasteiger charge is -2.00. The first-order valence-corrected chi connectivity index (χ1v) is 5.30. The topological polar surface area (TPSA) is 114 Å². The summed E-state index contributed by atoms with van der Waals surface area (Å²) in [5.41, 5.74) is 6.38. The number of hydrogen-bond acceptors (Lipinski definition) is 6. The van der Waals surface area contributed by atoms with Gasteiger partial charge in [0.1, 0.15) is 5.75 Å². The Morgan fingerprint density at radius 3 is 3.00 bits per heavy atom. The number of aromatic hydroxyl groups is 1. The predicted molar refractivity (Wildman–Crippen MR) is 63.9 cm³/mol. The lowest BCUT2D eigenvalue weighted by Crippen LogP contribution is -2.06. The number of rotatable bonds is 3. The first-order valence-electron chi connectivity index (χ1n) is 5.30. The second-order valence-electron chi connectivity index (χ2n) is 3.50. The zero-order valence-corrected chi connectivity index (χ0v) is 9.67. The molecule has 0 bridgehead atoms. The van der Waals surface area contributed by atoms with Crippen LogP contribution in [0.5, 0.6) is 5.75 Å². The fourth-order valence-electron chi connectivity index (χ4n) is 1.38. The summed E-state index contributed by atoms with van der Waals surface area (Å²) in [5, 5.41) is 15.7. The van der Waals surface area contributed by atoms with Crippen molar-refractivity contribution < 1.29 is 14.6 Å². The van der Waals surface area contributed by atoms with Gasteiger partial charge in [-0.2, -0.15) is 5.10 Å².